The van der Waals surface area contributed by atoms with Crippen molar-refractivity contribution in [3.8, 4) is 5.75 Å². The van der Waals surface area contributed by atoms with Crippen LogP contribution in [0.25, 0.3) is 0 Å². The quantitative estimate of drug-likeness (QED) is 0.851. The molecule has 3 rings (SSSR count). The monoisotopic (exact) mass is 273 g/mol. The van der Waals surface area contributed by atoms with Crippen LogP contribution in [0, 0.1) is 12.8 Å². The van der Waals surface area contributed by atoms with Crippen molar-refractivity contribution in [2.75, 3.05) is 13.7 Å². The van der Waals surface area contributed by atoms with Crippen LogP contribution in [-0.2, 0) is 5.41 Å². The molecule has 0 saturated heterocycles. The molecule has 110 valence electrons. The Labute approximate surface area is 122 Å². The van der Waals surface area contributed by atoms with Gasteiger partial charge in [0.15, 0.2) is 0 Å². The molecular weight excluding hydrogens is 246 g/mol. The van der Waals surface area contributed by atoms with Crippen LogP contribution >= 0.6 is 0 Å². The van der Waals surface area contributed by atoms with E-state index in [1.165, 1.54) is 43.2 Å². The summed E-state index contributed by atoms with van der Waals surface area (Å²) in [5, 5.41) is 3.75. The maximum atomic E-state index is 5.52. The topological polar surface area (TPSA) is 21.3 Å². The second kappa shape index (κ2) is 5.40. The van der Waals surface area contributed by atoms with Gasteiger partial charge in [-0.3, -0.25) is 0 Å². The molecule has 0 aliphatic heterocycles. The van der Waals surface area contributed by atoms with E-state index in [4.69, 9.17) is 4.74 Å². The van der Waals surface area contributed by atoms with Crippen LogP contribution in [0.4, 0.5) is 0 Å². The lowest BCUT2D eigenvalue weighted by Gasteiger charge is -2.49. The van der Waals surface area contributed by atoms with Crippen molar-refractivity contribution in [2.45, 2.75) is 57.4 Å². The molecule has 0 bridgehead atoms. The van der Waals surface area contributed by atoms with E-state index in [0.717, 1.165) is 24.3 Å². The molecule has 2 aliphatic carbocycles. The van der Waals surface area contributed by atoms with Crippen LogP contribution in [0.1, 0.15) is 50.2 Å². The second-order valence-corrected chi connectivity index (χ2v) is 6.80. The Morgan fingerprint density at radius 2 is 2.05 bits per heavy atom. The summed E-state index contributed by atoms with van der Waals surface area (Å²) < 4.78 is 5.52. The zero-order chi connectivity index (χ0) is 14.2. The SMILES string of the molecule is CCC1CC(CNC2CC2)(c2ccc(C)c(OC)c2)C1. The smallest absolute Gasteiger partial charge is 0.122 e. The zero-order valence-electron chi connectivity index (χ0n) is 13.0. The highest BCUT2D eigenvalue weighted by Gasteiger charge is 2.45. The molecule has 0 spiro atoms. The van der Waals surface area contributed by atoms with Gasteiger partial charge in [0.2, 0.25) is 0 Å². The first-order valence-corrected chi connectivity index (χ1v) is 8.05. The molecule has 20 heavy (non-hydrogen) atoms. The Morgan fingerprint density at radius 3 is 2.65 bits per heavy atom. The number of rotatable bonds is 6. The minimum Gasteiger partial charge on any atom is -0.496 e. The van der Waals surface area contributed by atoms with Crippen molar-refractivity contribution in [2.24, 2.45) is 5.92 Å². The van der Waals surface area contributed by atoms with E-state index in [2.05, 4.69) is 37.4 Å². The van der Waals surface area contributed by atoms with Crippen LogP contribution in [0.2, 0.25) is 0 Å². The van der Waals surface area contributed by atoms with Crippen LogP contribution in [0.3, 0.4) is 0 Å². The third-order valence-corrected chi connectivity index (χ3v) is 5.26. The van der Waals surface area contributed by atoms with Crippen LogP contribution in [0.5, 0.6) is 5.75 Å². The van der Waals surface area contributed by atoms with E-state index >= 15 is 0 Å². The molecule has 2 fully saturated rings. The average molecular weight is 273 g/mol. The maximum Gasteiger partial charge on any atom is 0.122 e. The summed E-state index contributed by atoms with van der Waals surface area (Å²) in [6.07, 6.45) is 6.70. The van der Waals surface area contributed by atoms with Crippen LogP contribution in [-0.4, -0.2) is 19.7 Å². The molecule has 0 atom stereocenters. The maximum absolute atomic E-state index is 5.52. The number of aryl methyl sites for hydroxylation is 1. The highest BCUT2D eigenvalue weighted by molar-refractivity contribution is 5.41. The van der Waals surface area contributed by atoms with Crippen molar-refractivity contribution < 1.29 is 4.74 Å². The summed E-state index contributed by atoms with van der Waals surface area (Å²) in [6.45, 7) is 5.58. The summed E-state index contributed by atoms with van der Waals surface area (Å²) >= 11 is 0. The van der Waals surface area contributed by atoms with Gasteiger partial charge in [-0.05, 0) is 55.7 Å². The van der Waals surface area contributed by atoms with Gasteiger partial charge < -0.3 is 10.1 Å². The molecule has 0 unspecified atom stereocenters. The number of nitrogens with one attached hydrogen (secondary N) is 1. The molecule has 1 aromatic carbocycles. The lowest BCUT2D eigenvalue weighted by Crippen LogP contribution is -2.49. The number of hydrogen-bond donors (Lipinski definition) is 1. The third kappa shape index (κ3) is 2.58. The van der Waals surface area contributed by atoms with Gasteiger partial charge >= 0.3 is 0 Å². The summed E-state index contributed by atoms with van der Waals surface area (Å²) in [5.41, 5.74) is 3.05. The van der Waals surface area contributed by atoms with Gasteiger partial charge in [-0.15, -0.1) is 0 Å². The van der Waals surface area contributed by atoms with Crippen LogP contribution < -0.4 is 10.1 Å². The third-order valence-electron chi connectivity index (χ3n) is 5.26. The highest BCUT2D eigenvalue weighted by Crippen LogP contribution is 2.49. The normalized spacial score (nSPS) is 29.1. The van der Waals surface area contributed by atoms with Crippen molar-refractivity contribution >= 4 is 0 Å². The predicted molar refractivity (Wildman–Crippen MR) is 83.4 cm³/mol. The van der Waals surface area contributed by atoms with E-state index in [9.17, 15) is 0 Å². The molecule has 0 amide bonds. The number of benzene rings is 1. The van der Waals surface area contributed by atoms with Crippen molar-refractivity contribution in [3.05, 3.63) is 29.3 Å². The zero-order valence-corrected chi connectivity index (χ0v) is 13.0. The lowest BCUT2D eigenvalue weighted by atomic mass is 9.57. The van der Waals surface area contributed by atoms with E-state index in [0.29, 0.717) is 5.41 Å². The largest absolute Gasteiger partial charge is 0.496 e. The fourth-order valence-corrected chi connectivity index (χ4v) is 3.59. The van der Waals surface area contributed by atoms with Gasteiger partial charge in [-0.2, -0.15) is 0 Å². The first-order valence-electron chi connectivity index (χ1n) is 8.05. The molecule has 2 aliphatic rings. The van der Waals surface area contributed by atoms with E-state index < -0.39 is 0 Å². The van der Waals surface area contributed by atoms with Crippen molar-refractivity contribution in [1.82, 2.24) is 5.32 Å². The highest BCUT2D eigenvalue weighted by atomic mass is 16.5. The van der Waals surface area contributed by atoms with E-state index in [1.807, 2.05) is 0 Å². The second-order valence-electron chi connectivity index (χ2n) is 6.80. The molecule has 0 radical (unpaired) electrons. The molecule has 0 aromatic heterocycles. The van der Waals surface area contributed by atoms with E-state index in [-0.39, 0.29) is 0 Å². The fourth-order valence-electron chi connectivity index (χ4n) is 3.59. The molecule has 2 nitrogen and oxygen atoms in total. The number of ether oxygens (including phenoxy) is 1. The number of methoxy groups -OCH3 is 1. The minimum absolute atomic E-state index is 0.351. The fraction of sp³-hybridized carbons (Fsp3) is 0.667. The Kier molecular flexibility index (Phi) is 3.76. The predicted octanol–water partition coefficient (Wildman–Crippen LogP) is 3.81. The lowest BCUT2D eigenvalue weighted by molar-refractivity contribution is 0.133. The standard InChI is InChI=1S/C18H27NO/c1-4-14-10-18(11-14,12-19-16-7-8-16)15-6-5-13(2)17(9-15)20-3/h5-6,9,14,16,19H,4,7-8,10-12H2,1-3H3. The van der Waals surface area contributed by atoms with Crippen molar-refractivity contribution in [3.63, 3.8) is 0 Å². The molecule has 1 aromatic rings. The summed E-state index contributed by atoms with van der Waals surface area (Å²) in [5.74, 6) is 1.94. The van der Waals surface area contributed by atoms with Gasteiger partial charge in [0, 0.05) is 18.0 Å². The summed E-state index contributed by atoms with van der Waals surface area (Å²) in [6, 6.07) is 7.60. The molecule has 2 heteroatoms. The van der Waals surface area contributed by atoms with Crippen molar-refractivity contribution in [1.29, 1.82) is 0 Å². The molecule has 1 N–H and O–H groups in total. The Hall–Kier alpha value is -1.02. The van der Waals surface area contributed by atoms with E-state index in [1.54, 1.807) is 7.11 Å². The average Bonchev–Trinajstić information content (AvgIpc) is 3.23. The molecule has 2 saturated carbocycles. The van der Waals surface area contributed by atoms with Gasteiger partial charge in [0.1, 0.15) is 5.75 Å². The Bertz CT molecular complexity index is 472. The summed E-state index contributed by atoms with van der Waals surface area (Å²) in [7, 11) is 1.77. The van der Waals surface area contributed by atoms with Crippen LogP contribution in [0.15, 0.2) is 18.2 Å². The minimum atomic E-state index is 0.351. The Morgan fingerprint density at radius 1 is 1.30 bits per heavy atom. The Balaban J connectivity index is 1.81. The van der Waals surface area contributed by atoms with Gasteiger partial charge in [-0.25, -0.2) is 0 Å². The summed E-state index contributed by atoms with van der Waals surface area (Å²) in [4.78, 5) is 0. The first-order chi connectivity index (χ1) is 9.66. The van der Waals surface area contributed by atoms with Gasteiger partial charge in [0.05, 0.1) is 7.11 Å². The molecular formula is C18H27NO. The van der Waals surface area contributed by atoms with Gasteiger partial charge in [-0.1, -0.05) is 25.5 Å². The molecule has 0 heterocycles. The van der Waals surface area contributed by atoms with Gasteiger partial charge in [0.25, 0.3) is 0 Å². The first kappa shape index (κ1) is 13.9. The number of hydrogen-bond acceptors (Lipinski definition) is 2.